The molecule has 0 amide bonds. The number of furan rings is 1. The Kier molecular flexibility index (Phi) is 6.94. The summed E-state index contributed by atoms with van der Waals surface area (Å²) in [7, 11) is 0. The lowest BCUT2D eigenvalue weighted by molar-refractivity contribution is 0.0658. The van der Waals surface area contributed by atoms with E-state index in [1.807, 2.05) is 37.3 Å². The third-order valence-electron chi connectivity index (χ3n) is 4.08. The predicted molar refractivity (Wildman–Crippen MR) is 115 cm³/mol. The molecule has 0 unspecified atom stereocenters. The maximum atomic E-state index is 10.9. The van der Waals surface area contributed by atoms with Gasteiger partial charge >= 0.3 is 5.97 Å². The zero-order chi connectivity index (χ0) is 21.5. The van der Waals surface area contributed by atoms with Crippen molar-refractivity contribution in [3.8, 4) is 17.6 Å². The highest BCUT2D eigenvalue weighted by molar-refractivity contribution is 9.10. The molecular formula is C23H18BrNO5. The van der Waals surface area contributed by atoms with Crippen LogP contribution in [0.2, 0.25) is 0 Å². The van der Waals surface area contributed by atoms with Crippen LogP contribution in [-0.4, -0.2) is 17.7 Å². The van der Waals surface area contributed by atoms with Crippen molar-refractivity contribution in [2.24, 2.45) is 0 Å². The lowest BCUT2D eigenvalue weighted by Gasteiger charge is -2.12. The second kappa shape index (κ2) is 9.81. The minimum Gasteiger partial charge on any atom is -0.490 e. The molecule has 0 saturated heterocycles. The Morgan fingerprint density at radius 2 is 2.00 bits per heavy atom. The van der Waals surface area contributed by atoms with Crippen molar-refractivity contribution in [2.45, 2.75) is 13.5 Å². The number of halogens is 1. The summed E-state index contributed by atoms with van der Waals surface area (Å²) in [5, 5.41) is 18.5. The van der Waals surface area contributed by atoms with Gasteiger partial charge < -0.3 is 19.0 Å². The number of ether oxygens (including phenoxy) is 2. The Morgan fingerprint density at radius 3 is 2.67 bits per heavy atom. The van der Waals surface area contributed by atoms with Gasteiger partial charge in [-0.3, -0.25) is 0 Å². The van der Waals surface area contributed by atoms with Crippen molar-refractivity contribution in [2.75, 3.05) is 6.61 Å². The van der Waals surface area contributed by atoms with Gasteiger partial charge in [0.25, 0.3) is 0 Å². The fourth-order valence-corrected chi connectivity index (χ4v) is 3.12. The van der Waals surface area contributed by atoms with Crippen molar-refractivity contribution < 1.29 is 23.8 Å². The van der Waals surface area contributed by atoms with Gasteiger partial charge in [-0.15, -0.1) is 0 Å². The van der Waals surface area contributed by atoms with Gasteiger partial charge in [0, 0.05) is 4.47 Å². The minimum atomic E-state index is -1.13. The predicted octanol–water partition coefficient (Wildman–Crippen LogP) is 5.78. The summed E-state index contributed by atoms with van der Waals surface area (Å²) in [5.41, 5.74) is 2.11. The molecule has 152 valence electrons. The number of hydrogen-bond donors (Lipinski definition) is 1. The first-order valence-corrected chi connectivity index (χ1v) is 9.89. The summed E-state index contributed by atoms with van der Waals surface area (Å²) >= 11 is 3.42. The first-order valence-electron chi connectivity index (χ1n) is 9.09. The molecule has 3 rings (SSSR count). The van der Waals surface area contributed by atoms with Crippen molar-refractivity contribution in [3.05, 3.63) is 81.7 Å². The Hall–Kier alpha value is -3.50. The maximum Gasteiger partial charge on any atom is 0.371 e. The molecule has 0 aliphatic rings. The molecule has 1 aromatic heterocycles. The van der Waals surface area contributed by atoms with Crippen molar-refractivity contribution in [1.82, 2.24) is 0 Å². The average molecular weight is 468 g/mol. The topological polar surface area (TPSA) is 92.7 Å². The van der Waals surface area contributed by atoms with E-state index in [1.54, 1.807) is 24.3 Å². The second-order valence-electron chi connectivity index (χ2n) is 6.18. The summed E-state index contributed by atoms with van der Waals surface area (Å²) in [6.45, 7) is 2.36. The molecule has 3 aromatic rings. The van der Waals surface area contributed by atoms with Crippen LogP contribution < -0.4 is 9.47 Å². The number of carboxylic acid groups (broad SMARTS) is 1. The van der Waals surface area contributed by atoms with E-state index in [2.05, 4.69) is 22.0 Å². The van der Waals surface area contributed by atoms with Gasteiger partial charge in [-0.2, -0.15) is 5.26 Å². The molecule has 30 heavy (non-hydrogen) atoms. The number of benzene rings is 2. The van der Waals surface area contributed by atoms with Crippen LogP contribution in [0.1, 0.15) is 34.4 Å². The zero-order valence-electron chi connectivity index (χ0n) is 16.1. The van der Waals surface area contributed by atoms with Crippen LogP contribution in [0.25, 0.3) is 11.6 Å². The molecule has 1 N–H and O–H groups in total. The third-order valence-corrected chi connectivity index (χ3v) is 4.57. The summed E-state index contributed by atoms with van der Waals surface area (Å²) in [4.78, 5) is 10.9. The molecule has 0 fully saturated rings. The Bertz CT molecular complexity index is 1130. The number of hydrogen-bond acceptors (Lipinski definition) is 5. The molecule has 1 heterocycles. The second-order valence-corrected chi connectivity index (χ2v) is 7.09. The molecule has 0 spiro atoms. The standard InChI is InChI=1S/C23H18BrNO5/c1-2-28-22-11-15(10-17(13-25)16-4-3-5-18(24)12-16)6-8-20(22)29-14-19-7-9-21(30-19)23(26)27/h3-12H,2,14H2,1H3,(H,26,27)/b17-10+. The van der Waals surface area contributed by atoms with Gasteiger partial charge in [0.2, 0.25) is 5.76 Å². The number of nitriles is 1. The molecule has 6 nitrogen and oxygen atoms in total. The normalized spacial score (nSPS) is 11.0. The molecule has 0 saturated carbocycles. The largest absolute Gasteiger partial charge is 0.490 e. The number of allylic oxidation sites excluding steroid dienone is 1. The highest BCUT2D eigenvalue weighted by Crippen LogP contribution is 2.31. The third kappa shape index (κ3) is 5.31. The Balaban J connectivity index is 1.83. The van der Waals surface area contributed by atoms with Crippen LogP contribution in [0.4, 0.5) is 0 Å². The quantitative estimate of drug-likeness (QED) is 0.333. The minimum absolute atomic E-state index is 0.0596. The van der Waals surface area contributed by atoms with E-state index in [0.29, 0.717) is 29.4 Å². The van der Waals surface area contributed by atoms with Crippen LogP contribution in [0, 0.1) is 11.3 Å². The number of nitrogens with zero attached hydrogens (tertiary/aromatic N) is 1. The number of carbonyl (C=O) groups is 1. The smallest absolute Gasteiger partial charge is 0.371 e. The molecule has 0 aliphatic carbocycles. The molecule has 0 radical (unpaired) electrons. The zero-order valence-corrected chi connectivity index (χ0v) is 17.7. The number of carboxylic acids is 1. The first-order chi connectivity index (χ1) is 14.5. The molecule has 7 heteroatoms. The summed E-state index contributed by atoms with van der Waals surface area (Å²) in [6, 6.07) is 18.0. The highest BCUT2D eigenvalue weighted by Gasteiger charge is 2.12. The van der Waals surface area contributed by atoms with Crippen molar-refractivity contribution in [1.29, 1.82) is 5.26 Å². The van der Waals surface area contributed by atoms with Crippen molar-refractivity contribution >= 4 is 33.5 Å². The maximum absolute atomic E-state index is 10.9. The summed E-state index contributed by atoms with van der Waals surface area (Å²) in [6.07, 6.45) is 1.78. The van der Waals surface area contributed by atoms with Crippen LogP contribution in [-0.2, 0) is 6.61 Å². The summed E-state index contributed by atoms with van der Waals surface area (Å²) < 4.78 is 17.5. The highest BCUT2D eigenvalue weighted by atomic mass is 79.9. The number of rotatable bonds is 8. The monoisotopic (exact) mass is 467 g/mol. The van der Waals surface area contributed by atoms with Gasteiger partial charge in [-0.05, 0) is 60.5 Å². The lowest BCUT2D eigenvalue weighted by atomic mass is 10.0. The van der Waals surface area contributed by atoms with Gasteiger partial charge in [0.05, 0.1) is 18.2 Å². The van der Waals surface area contributed by atoms with Crippen molar-refractivity contribution in [3.63, 3.8) is 0 Å². The Labute approximate surface area is 182 Å². The van der Waals surface area contributed by atoms with E-state index >= 15 is 0 Å². The van der Waals surface area contributed by atoms with E-state index in [1.165, 1.54) is 6.07 Å². The Morgan fingerprint density at radius 1 is 1.17 bits per heavy atom. The van der Waals surface area contributed by atoms with E-state index < -0.39 is 5.97 Å². The average Bonchev–Trinajstić information content (AvgIpc) is 3.21. The van der Waals surface area contributed by atoms with Crippen LogP contribution in [0.15, 0.2) is 63.5 Å². The van der Waals surface area contributed by atoms with Crippen LogP contribution in [0.5, 0.6) is 11.5 Å². The fourth-order valence-electron chi connectivity index (χ4n) is 2.72. The van der Waals surface area contributed by atoms with Gasteiger partial charge in [-0.1, -0.05) is 34.1 Å². The SMILES string of the molecule is CCOc1cc(/C=C(\C#N)c2cccc(Br)c2)ccc1OCc1ccc(C(=O)O)o1. The van der Waals surface area contributed by atoms with E-state index in [4.69, 9.17) is 19.0 Å². The van der Waals surface area contributed by atoms with E-state index in [0.717, 1.165) is 15.6 Å². The van der Waals surface area contributed by atoms with Gasteiger partial charge in [0.1, 0.15) is 12.4 Å². The van der Waals surface area contributed by atoms with Gasteiger partial charge in [-0.25, -0.2) is 4.79 Å². The first kappa shape index (κ1) is 21.2. The van der Waals surface area contributed by atoms with Crippen LogP contribution >= 0.6 is 15.9 Å². The molecular weight excluding hydrogens is 450 g/mol. The molecule has 0 atom stereocenters. The van der Waals surface area contributed by atoms with E-state index in [9.17, 15) is 10.1 Å². The molecule has 2 aromatic carbocycles. The van der Waals surface area contributed by atoms with E-state index in [-0.39, 0.29) is 12.4 Å². The molecule has 0 bridgehead atoms. The molecule has 0 aliphatic heterocycles. The fraction of sp³-hybridized carbons (Fsp3) is 0.130. The summed E-state index contributed by atoms with van der Waals surface area (Å²) in [5.74, 6) is 0.119. The van der Waals surface area contributed by atoms with Crippen LogP contribution in [0.3, 0.4) is 0 Å². The number of aromatic carboxylic acids is 1. The van der Waals surface area contributed by atoms with Gasteiger partial charge in [0.15, 0.2) is 11.5 Å². The lowest BCUT2D eigenvalue weighted by Crippen LogP contribution is -1.99.